The highest BCUT2D eigenvalue weighted by molar-refractivity contribution is 7.99. The van der Waals surface area contributed by atoms with Crippen LogP contribution in [0.3, 0.4) is 0 Å². The molecule has 0 saturated carbocycles. The number of amides is 2. The highest BCUT2D eigenvalue weighted by atomic mass is 35.5. The third-order valence-corrected chi connectivity index (χ3v) is 7.35. The van der Waals surface area contributed by atoms with E-state index in [2.05, 4.69) is 12.2 Å². The van der Waals surface area contributed by atoms with Crippen molar-refractivity contribution < 1.29 is 9.59 Å². The van der Waals surface area contributed by atoms with E-state index in [4.69, 9.17) is 23.2 Å². The average Bonchev–Trinajstić information content (AvgIpc) is 2.88. The number of hydrogen-bond acceptors (Lipinski definition) is 3. The molecular formula is C29H32Cl2N2O2S. The van der Waals surface area contributed by atoms with Gasteiger partial charge in [0, 0.05) is 35.3 Å². The van der Waals surface area contributed by atoms with Crippen LogP contribution >= 0.6 is 35.0 Å². The van der Waals surface area contributed by atoms with Crippen molar-refractivity contribution in [3.8, 4) is 0 Å². The van der Waals surface area contributed by atoms with Gasteiger partial charge >= 0.3 is 0 Å². The van der Waals surface area contributed by atoms with Gasteiger partial charge in [-0.15, -0.1) is 11.8 Å². The number of carbonyl (C=O) groups is 2. The number of carbonyl (C=O) groups excluding carboxylic acids is 2. The number of hydrogen-bond donors (Lipinski definition) is 1. The van der Waals surface area contributed by atoms with E-state index in [0.717, 1.165) is 29.5 Å². The highest BCUT2D eigenvalue weighted by Gasteiger charge is 2.30. The molecule has 0 aliphatic rings. The van der Waals surface area contributed by atoms with E-state index in [1.165, 1.54) is 11.8 Å². The van der Waals surface area contributed by atoms with Gasteiger partial charge < -0.3 is 10.2 Å². The molecule has 3 aromatic carbocycles. The summed E-state index contributed by atoms with van der Waals surface area (Å²) in [6, 6.07) is 24.4. The van der Waals surface area contributed by atoms with E-state index in [1.54, 1.807) is 17.0 Å². The quantitative estimate of drug-likeness (QED) is 0.242. The highest BCUT2D eigenvalue weighted by Crippen LogP contribution is 2.25. The van der Waals surface area contributed by atoms with Crippen molar-refractivity contribution in [1.29, 1.82) is 0 Å². The number of thioether (sulfide) groups is 1. The first-order chi connectivity index (χ1) is 17.5. The summed E-state index contributed by atoms with van der Waals surface area (Å²) in [5.41, 5.74) is 2.92. The lowest BCUT2D eigenvalue weighted by Gasteiger charge is -2.31. The summed E-state index contributed by atoms with van der Waals surface area (Å²) in [4.78, 5) is 28.7. The van der Waals surface area contributed by atoms with Crippen molar-refractivity contribution in [3.63, 3.8) is 0 Å². The van der Waals surface area contributed by atoms with Crippen LogP contribution in [0.15, 0.2) is 78.9 Å². The van der Waals surface area contributed by atoms with E-state index >= 15 is 0 Å². The zero-order chi connectivity index (χ0) is 25.8. The lowest BCUT2D eigenvalue weighted by atomic mass is 10.0. The standard InChI is InChI=1S/C29H32Cl2N2O2S/c1-2-3-16-32-29(35)27(17-22-10-6-4-7-11-22)33(19-23-12-8-5-9-13-23)28(34)21-36-20-24-14-15-25(30)18-26(24)31/h4-15,18,27H,2-3,16-17,19-21H2,1H3,(H,32,35). The first-order valence-electron chi connectivity index (χ1n) is 12.1. The Morgan fingerprint density at radius 2 is 1.61 bits per heavy atom. The molecule has 3 rings (SSSR count). The van der Waals surface area contributed by atoms with Crippen molar-refractivity contribution in [1.82, 2.24) is 10.2 Å². The molecule has 0 saturated heterocycles. The summed E-state index contributed by atoms with van der Waals surface area (Å²) in [5, 5.41) is 4.21. The predicted molar refractivity (Wildman–Crippen MR) is 151 cm³/mol. The van der Waals surface area contributed by atoms with Gasteiger partial charge in [0.2, 0.25) is 11.8 Å². The molecule has 4 nitrogen and oxygen atoms in total. The fraction of sp³-hybridized carbons (Fsp3) is 0.310. The Balaban J connectivity index is 1.81. The summed E-state index contributed by atoms with van der Waals surface area (Å²) in [5.74, 6) is 0.606. The number of nitrogens with one attached hydrogen (secondary N) is 1. The number of rotatable bonds is 13. The predicted octanol–water partition coefficient (Wildman–Crippen LogP) is 6.78. The van der Waals surface area contributed by atoms with E-state index in [-0.39, 0.29) is 17.6 Å². The number of unbranched alkanes of at least 4 members (excludes halogenated alkanes) is 1. The van der Waals surface area contributed by atoms with E-state index < -0.39 is 6.04 Å². The minimum atomic E-state index is -0.614. The topological polar surface area (TPSA) is 49.4 Å². The molecule has 0 fully saturated rings. The maximum absolute atomic E-state index is 13.6. The van der Waals surface area contributed by atoms with Gasteiger partial charge in [-0.3, -0.25) is 9.59 Å². The van der Waals surface area contributed by atoms with Crippen LogP contribution in [0.5, 0.6) is 0 Å². The Bertz CT molecular complexity index is 1110. The molecule has 0 heterocycles. The first kappa shape index (κ1) is 28.1. The van der Waals surface area contributed by atoms with Crippen LogP contribution in [0.25, 0.3) is 0 Å². The molecule has 0 aliphatic carbocycles. The fourth-order valence-electron chi connectivity index (χ4n) is 3.81. The number of halogens is 2. The van der Waals surface area contributed by atoms with E-state index in [9.17, 15) is 9.59 Å². The summed E-state index contributed by atoms with van der Waals surface area (Å²) in [7, 11) is 0. The maximum Gasteiger partial charge on any atom is 0.243 e. The molecule has 0 radical (unpaired) electrons. The van der Waals surface area contributed by atoms with Gasteiger partial charge in [-0.25, -0.2) is 0 Å². The van der Waals surface area contributed by atoms with Crippen LogP contribution in [0, 0.1) is 0 Å². The molecule has 0 spiro atoms. The van der Waals surface area contributed by atoms with Crippen LogP contribution < -0.4 is 5.32 Å². The van der Waals surface area contributed by atoms with Crippen LogP contribution in [0.4, 0.5) is 0 Å². The molecule has 1 atom stereocenters. The lowest BCUT2D eigenvalue weighted by Crippen LogP contribution is -2.51. The second-order valence-corrected chi connectivity index (χ2v) is 10.4. The third kappa shape index (κ3) is 8.88. The molecule has 3 aromatic rings. The first-order valence-corrected chi connectivity index (χ1v) is 14.1. The average molecular weight is 544 g/mol. The molecule has 0 aromatic heterocycles. The summed E-state index contributed by atoms with van der Waals surface area (Å²) in [6.45, 7) is 3.04. The van der Waals surface area contributed by atoms with Gasteiger partial charge in [-0.1, -0.05) is 103 Å². The Morgan fingerprint density at radius 3 is 2.25 bits per heavy atom. The maximum atomic E-state index is 13.6. The Hall–Kier alpha value is -2.47. The van der Waals surface area contributed by atoms with Gasteiger partial charge in [-0.2, -0.15) is 0 Å². The summed E-state index contributed by atoms with van der Waals surface area (Å²) < 4.78 is 0. The Morgan fingerprint density at radius 1 is 0.944 bits per heavy atom. The lowest BCUT2D eigenvalue weighted by molar-refractivity contribution is -0.139. The minimum Gasteiger partial charge on any atom is -0.354 e. The van der Waals surface area contributed by atoms with Gasteiger partial charge in [0.15, 0.2) is 0 Å². The molecule has 0 aliphatic heterocycles. The second kappa shape index (κ2) is 14.9. The van der Waals surface area contributed by atoms with Crippen molar-refractivity contribution >= 4 is 46.8 Å². The summed E-state index contributed by atoms with van der Waals surface area (Å²) >= 11 is 13.8. The zero-order valence-corrected chi connectivity index (χ0v) is 22.8. The van der Waals surface area contributed by atoms with Crippen LogP contribution in [0.1, 0.15) is 36.5 Å². The molecule has 0 bridgehead atoms. The minimum absolute atomic E-state index is 0.0829. The molecule has 1 unspecified atom stereocenters. The summed E-state index contributed by atoms with van der Waals surface area (Å²) in [6.07, 6.45) is 2.33. The van der Waals surface area contributed by atoms with Gasteiger partial charge in [0.1, 0.15) is 6.04 Å². The van der Waals surface area contributed by atoms with Crippen LogP contribution in [-0.2, 0) is 28.3 Å². The second-order valence-electron chi connectivity index (χ2n) is 8.59. The molecule has 7 heteroatoms. The Kier molecular flexibility index (Phi) is 11.7. The molecule has 1 N–H and O–H groups in total. The Labute approximate surface area is 228 Å². The number of nitrogens with zero attached hydrogens (tertiary/aromatic N) is 1. The van der Waals surface area contributed by atoms with Crippen molar-refractivity contribution in [3.05, 3.63) is 106 Å². The van der Waals surface area contributed by atoms with Crippen molar-refractivity contribution in [2.24, 2.45) is 0 Å². The van der Waals surface area contributed by atoms with E-state index in [1.807, 2.05) is 66.7 Å². The smallest absolute Gasteiger partial charge is 0.243 e. The molecule has 36 heavy (non-hydrogen) atoms. The van der Waals surface area contributed by atoms with E-state index in [0.29, 0.717) is 35.3 Å². The van der Waals surface area contributed by atoms with Gasteiger partial charge in [0.25, 0.3) is 0 Å². The van der Waals surface area contributed by atoms with Crippen LogP contribution in [-0.4, -0.2) is 35.1 Å². The molecular weight excluding hydrogens is 511 g/mol. The largest absolute Gasteiger partial charge is 0.354 e. The SMILES string of the molecule is CCCCNC(=O)C(Cc1ccccc1)N(Cc1ccccc1)C(=O)CSCc1ccc(Cl)cc1Cl. The van der Waals surface area contributed by atoms with Gasteiger partial charge in [0.05, 0.1) is 5.75 Å². The molecule has 2 amide bonds. The molecule has 190 valence electrons. The fourth-order valence-corrected chi connectivity index (χ4v) is 5.28. The zero-order valence-electron chi connectivity index (χ0n) is 20.5. The third-order valence-electron chi connectivity index (χ3n) is 5.79. The van der Waals surface area contributed by atoms with Crippen LogP contribution in [0.2, 0.25) is 10.0 Å². The van der Waals surface area contributed by atoms with Crippen molar-refractivity contribution in [2.45, 2.75) is 44.5 Å². The van der Waals surface area contributed by atoms with Gasteiger partial charge in [-0.05, 0) is 35.2 Å². The van der Waals surface area contributed by atoms with Crippen molar-refractivity contribution in [2.75, 3.05) is 12.3 Å². The monoisotopic (exact) mass is 542 g/mol. The number of benzene rings is 3. The normalized spacial score (nSPS) is 11.6.